The van der Waals surface area contributed by atoms with Gasteiger partial charge in [0.25, 0.3) is 5.91 Å². The van der Waals surface area contributed by atoms with E-state index in [0.717, 1.165) is 16.7 Å². The van der Waals surface area contributed by atoms with Crippen molar-refractivity contribution in [3.63, 3.8) is 0 Å². The van der Waals surface area contributed by atoms with Crippen LogP contribution in [-0.4, -0.2) is 43.3 Å². The molecule has 0 bridgehead atoms. The third kappa shape index (κ3) is 4.30. The molecule has 0 saturated carbocycles. The van der Waals surface area contributed by atoms with Gasteiger partial charge in [0.2, 0.25) is 0 Å². The van der Waals surface area contributed by atoms with Gasteiger partial charge in [-0.15, -0.1) is 0 Å². The molecule has 1 heterocycles. The summed E-state index contributed by atoms with van der Waals surface area (Å²) in [6, 6.07) is 16.0. The number of aromatic hydroxyl groups is 1. The van der Waals surface area contributed by atoms with Crippen LogP contribution >= 0.6 is 0 Å². The molecule has 0 aromatic heterocycles. The van der Waals surface area contributed by atoms with E-state index in [1.807, 2.05) is 30.3 Å². The van der Waals surface area contributed by atoms with Gasteiger partial charge in [-0.3, -0.25) is 4.79 Å². The van der Waals surface area contributed by atoms with E-state index < -0.39 is 18.5 Å². The predicted octanol–water partition coefficient (Wildman–Crippen LogP) is 2.83. The van der Waals surface area contributed by atoms with E-state index in [1.54, 1.807) is 18.2 Å². The summed E-state index contributed by atoms with van der Waals surface area (Å²) in [5.74, 6) is 0.102. The van der Waals surface area contributed by atoms with E-state index in [-0.39, 0.29) is 11.3 Å². The lowest BCUT2D eigenvalue weighted by molar-refractivity contribution is -0.124. The minimum absolute atomic E-state index is 0.0257. The SMILES string of the molecule is O=C(COC(=O)c1ccc2ccccc2c1O)NCCc1ccc2c(c1)OCCO2. The Bertz CT molecular complexity index is 1090. The number of carbonyl (C=O) groups excluding carboxylic acids is 2. The summed E-state index contributed by atoms with van der Waals surface area (Å²) in [5, 5.41) is 14.4. The Balaban J connectivity index is 1.27. The average Bonchev–Trinajstić information content (AvgIpc) is 2.78. The molecule has 0 fully saturated rings. The van der Waals surface area contributed by atoms with Crippen LogP contribution in [-0.2, 0) is 16.0 Å². The number of hydrogen-bond donors (Lipinski definition) is 2. The zero-order chi connectivity index (χ0) is 20.9. The fourth-order valence-corrected chi connectivity index (χ4v) is 3.27. The van der Waals surface area contributed by atoms with Crippen LogP contribution in [0.3, 0.4) is 0 Å². The van der Waals surface area contributed by atoms with Crippen molar-refractivity contribution in [2.45, 2.75) is 6.42 Å². The first-order chi connectivity index (χ1) is 14.6. The third-order valence-electron chi connectivity index (χ3n) is 4.80. The Kier molecular flexibility index (Phi) is 5.70. The molecule has 0 radical (unpaired) electrons. The summed E-state index contributed by atoms with van der Waals surface area (Å²) in [6.45, 7) is 1.02. The molecule has 154 valence electrons. The molecule has 3 aromatic carbocycles. The Hall–Kier alpha value is -3.74. The highest BCUT2D eigenvalue weighted by atomic mass is 16.6. The van der Waals surface area contributed by atoms with Crippen molar-refractivity contribution < 1.29 is 28.9 Å². The maximum Gasteiger partial charge on any atom is 0.342 e. The second-order valence-corrected chi connectivity index (χ2v) is 6.84. The molecule has 7 nitrogen and oxygen atoms in total. The van der Waals surface area contributed by atoms with E-state index in [2.05, 4.69) is 5.32 Å². The molecule has 1 amide bonds. The lowest BCUT2D eigenvalue weighted by atomic mass is 10.1. The number of phenolic OH excluding ortho intramolecular Hbond substituents is 1. The number of amides is 1. The molecule has 0 saturated heterocycles. The minimum Gasteiger partial charge on any atom is -0.506 e. The second kappa shape index (κ2) is 8.73. The van der Waals surface area contributed by atoms with E-state index in [1.165, 1.54) is 6.07 Å². The Morgan fingerprint density at radius 1 is 1.00 bits per heavy atom. The highest BCUT2D eigenvalue weighted by Crippen LogP contribution is 2.31. The van der Waals surface area contributed by atoms with Crippen molar-refractivity contribution in [1.29, 1.82) is 0 Å². The molecule has 1 aliphatic heterocycles. The molecule has 0 atom stereocenters. The van der Waals surface area contributed by atoms with Crippen LogP contribution in [0.25, 0.3) is 10.8 Å². The standard InChI is InChI=1S/C23H21NO6/c25-21(24-10-9-15-5-8-19-20(13-15)29-12-11-28-19)14-30-23(27)18-7-6-16-3-1-2-4-17(16)22(18)26/h1-8,13,26H,9-12,14H2,(H,24,25). The molecule has 0 aliphatic carbocycles. The summed E-state index contributed by atoms with van der Waals surface area (Å²) in [7, 11) is 0. The van der Waals surface area contributed by atoms with Crippen LogP contribution in [0, 0.1) is 0 Å². The van der Waals surface area contributed by atoms with Gasteiger partial charge in [-0.2, -0.15) is 0 Å². The van der Waals surface area contributed by atoms with E-state index >= 15 is 0 Å². The van der Waals surface area contributed by atoms with Gasteiger partial charge in [0.15, 0.2) is 18.1 Å². The molecule has 3 aromatic rings. The Morgan fingerprint density at radius 3 is 2.67 bits per heavy atom. The lowest BCUT2D eigenvalue weighted by Crippen LogP contribution is -2.30. The van der Waals surface area contributed by atoms with E-state index in [0.29, 0.717) is 37.3 Å². The van der Waals surface area contributed by atoms with Gasteiger partial charge in [-0.05, 0) is 35.6 Å². The molecule has 0 spiro atoms. The smallest absolute Gasteiger partial charge is 0.342 e. The molecule has 0 unspecified atom stereocenters. The second-order valence-electron chi connectivity index (χ2n) is 6.84. The molecule has 4 rings (SSSR count). The number of rotatable bonds is 6. The van der Waals surface area contributed by atoms with Gasteiger partial charge >= 0.3 is 5.97 Å². The van der Waals surface area contributed by atoms with Crippen molar-refractivity contribution >= 4 is 22.6 Å². The topological polar surface area (TPSA) is 94.1 Å². The average molecular weight is 407 g/mol. The normalized spacial score (nSPS) is 12.4. The van der Waals surface area contributed by atoms with Gasteiger partial charge in [-0.1, -0.05) is 36.4 Å². The fraction of sp³-hybridized carbons (Fsp3) is 0.217. The molecule has 1 aliphatic rings. The number of phenols is 1. The predicted molar refractivity (Wildman–Crippen MR) is 110 cm³/mol. The van der Waals surface area contributed by atoms with Crippen LogP contribution in [0.4, 0.5) is 0 Å². The summed E-state index contributed by atoms with van der Waals surface area (Å²) < 4.78 is 16.1. The molecule has 30 heavy (non-hydrogen) atoms. The van der Waals surface area contributed by atoms with Crippen molar-refractivity contribution in [2.24, 2.45) is 0 Å². The summed E-state index contributed by atoms with van der Waals surface area (Å²) in [5.41, 5.74) is 1.02. The van der Waals surface area contributed by atoms with Crippen LogP contribution in [0.1, 0.15) is 15.9 Å². The van der Waals surface area contributed by atoms with Crippen LogP contribution in [0.5, 0.6) is 17.2 Å². The van der Waals surface area contributed by atoms with E-state index in [4.69, 9.17) is 14.2 Å². The van der Waals surface area contributed by atoms with Gasteiger partial charge in [0.1, 0.15) is 24.5 Å². The highest BCUT2D eigenvalue weighted by molar-refractivity contribution is 6.01. The number of nitrogens with one attached hydrogen (secondary N) is 1. The number of esters is 1. The van der Waals surface area contributed by atoms with Crippen LogP contribution < -0.4 is 14.8 Å². The summed E-state index contributed by atoms with van der Waals surface area (Å²) in [4.78, 5) is 24.3. The number of ether oxygens (including phenoxy) is 3. The Labute approximate surface area is 173 Å². The first-order valence-electron chi connectivity index (χ1n) is 9.65. The molecule has 2 N–H and O–H groups in total. The first kappa shape index (κ1) is 19.6. The maximum absolute atomic E-state index is 12.3. The number of carbonyl (C=O) groups is 2. The van der Waals surface area contributed by atoms with Crippen LogP contribution in [0.15, 0.2) is 54.6 Å². The van der Waals surface area contributed by atoms with Crippen LogP contribution in [0.2, 0.25) is 0 Å². The maximum atomic E-state index is 12.3. The summed E-state index contributed by atoms with van der Waals surface area (Å²) >= 11 is 0. The van der Waals surface area contributed by atoms with Crippen molar-refractivity contribution in [2.75, 3.05) is 26.4 Å². The third-order valence-corrected chi connectivity index (χ3v) is 4.80. The monoisotopic (exact) mass is 407 g/mol. The largest absolute Gasteiger partial charge is 0.506 e. The minimum atomic E-state index is -0.750. The summed E-state index contributed by atoms with van der Waals surface area (Å²) in [6.07, 6.45) is 0.599. The van der Waals surface area contributed by atoms with Gasteiger partial charge in [0.05, 0.1) is 0 Å². The first-order valence-corrected chi connectivity index (χ1v) is 9.65. The molecular weight excluding hydrogens is 386 g/mol. The van der Waals surface area contributed by atoms with Crippen molar-refractivity contribution in [1.82, 2.24) is 5.32 Å². The van der Waals surface area contributed by atoms with Gasteiger partial charge in [0, 0.05) is 11.9 Å². The number of hydrogen-bond acceptors (Lipinski definition) is 6. The quantitative estimate of drug-likeness (QED) is 0.611. The lowest BCUT2D eigenvalue weighted by Gasteiger charge is -2.18. The highest BCUT2D eigenvalue weighted by Gasteiger charge is 2.16. The zero-order valence-corrected chi connectivity index (χ0v) is 16.2. The van der Waals surface area contributed by atoms with E-state index in [9.17, 15) is 14.7 Å². The number of fused-ring (bicyclic) bond motifs is 2. The van der Waals surface area contributed by atoms with Gasteiger partial charge in [-0.25, -0.2) is 4.79 Å². The molecular formula is C23H21NO6. The zero-order valence-electron chi connectivity index (χ0n) is 16.2. The number of benzene rings is 3. The fourth-order valence-electron chi connectivity index (χ4n) is 3.27. The molecule has 7 heteroatoms. The van der Waals surface area contributed by atoms with Crippen molar-refractivity contribution in [3.8, 4) is 17.2 Å². The Morgan fingerprint density at radius 2 is 1.80 bits per heavy atom. The van der Waals surface area contributed by atoms with Gasteiger partial charge < -0.3 is 24.6 Å². The van der Waals surface area contributed by atoms with Crippen molar-refractivity contribution in [3.05, 3.63) is 65.7 Å².